The molecule has 10 heteroatoms. The van der Waals surface area contributed by atoms with Gasteiger partial charge in [0, 0.05) is 23.8 Å². The van der Waals surface area contributed by atoms with Crippen molar-refractivity contribution in [2.24, 2.45) is 17.8 Å². The van der Waals surface area contributed by atoms with Crippen LogP contribution in [0.15, 0.2) is 47.8 Å². The molecule has 0 saturated heterocycles. The van der Waals surface area contributed by atoms with Crippen molar-refractivity contribution in [2.45, 2.75) is 38.9 Å². The lowest BCUT2D eigenvalue weighted by atomic mass is 9.83. The van der Waals surface area contributed by atoms with E-state index in [-0.39, 0.29) is 28.8 Å². The SMILES string of the molecule is COc1cnccc1C(=O)N[C@@H]1C2CCC(C2=C(C)C)[C@@H]1C(=O)Nc1ccc(F)c(C(F)(F)F)c1. The van der Waals surface area contributed by atoms with E-state index >= 15 is 0 Å². The smallest absolute Gasteiger partial charge is 0.419 e. The number of nitrogens with zero attached hydrogens (tertiary/aromatic N) is 1. The first kappa shape index (κ1) is 24.7. The van der Waals surface area contributed by atoms with Crippen LogP contribution in [0.3, 0.4) is 0 Å². The zero-order valence-corrected chi connectivity index (χ0v) is 19.4. The summed E-state index contributed by atoms with van der Waals surface area (Å²) in [6.07, 6.45) is -0.523. The maximum absolute atomic E-state index is 13.7. The van der Waals surface area contributed by atoms with E-state index in [4.69, 9.17) is 4.74 Å². The van der Waals surface area contributed by atoms with Crippen molar-refractivity contribution in [3.05, 3.63) is 64.7 Å². The predicted molar refractivity (Wildman–Crippen MR) is 120 cm³/mol. The number of rotatable bonds is 5. The molecule has 35 heavy (non-hydrogen) atoms. The number of pyridine rings is 1. The number of benzene rings is 1. The quantitative estimate of drug-likeness (QED) is 0.457. The van der Waals surface area contributed by atoms with Gasteiger partial charge in [-0.1, -0.05) is 11.1 Å². The highest BCUT2D eigenvalue weighted by molar-refractivity contribution is 5.99. The molecule has 2 bridgehead atoms. The summed E-state index contributed by atoms with van der Waals surface area (Å²) in [5.74, 6) is -3.03. The molecule has 6 nitrogen and oxygen atoms in total. The molecule has 2 amide bonds. The number of halogens is 4. The van der Waals surface area contributed by atoms with Gasteiger partial charge in [-0.15, -0.1) is 0 Å². The van der Waals surface area contributed by atoms with Gasteiger partial charge >= 0.3 is 6.18 Å². The van der Waals surface area contributed by atoms with E-state index in [1.54, 1.807) is 0 Å². The van der Waals surface area contributed by atoms with Crippen LogP contribution in [-0.2, 0) is 11.0 Å². The highest BCUT2D eigenvalue weighted by atomic mass is 19.4. The number of hydrogen-bond donors (Lipinski definition) is 2. The first-order valence-corrected chi connectivity index (χ1v) is 11.2. The molecule has 0 spiro atoms. The third kappa shape index (κ3) is 4.61. The number of ether oxygens (including phenoxy) is 1. The first-order chi connectivity index (χ1) is 16.5. The minimum Gasteiger partial charge on any atom is -0.494 e. The van der Waals surface area contributed by atoms with Crippen molar-refractivity contribution in [3.63, 3.8) is 0 Å². The Hall–Kier alpha value is -3.43. The molecular formula is C25H25F4N3O3. The van der Waals surface area contributed by atoms with Gasteiger partial charge in [0.25, 0.3) is 5.91 Å². The summed E-state index contributed by atoms with van der Waals surface area (Å²) in [7, 11) is 1.42. The number of alkyl halides is 3. The maximum atomic E-state index is 13.7. The fourth-order valence-electron chi connectivity index (χ4n) is 5.47. The highest BCUT2D eigenvalue weighted by Gasteiger charge is 2.55. The number of anilines is 1. The number of carbonyl (C=O) groups is 2. The molecular weight excluding hydrogens is 466 g/mol. The Kier molecular flexibility index (Phi) is 6.57. The van der Waals surface area contributed by atoms with Crippen molar-refractivity contribution < 1.29 is 31.9 Å². The van der Waals surface area contributed by atoms with Crippen molar-refractivity contribution >= 4 is 17.5 Å². The molecule has 2 unspecified atom stereocenters. The minimum atomic E-state index is -4.90. The molecule has 2 saturated carbocycles. The molecule has 1 aromatic heterocycles. The second kappa shape index (κ2) is 9.31. The number of fused-ring (bicyclic) bond motifs is 2. The summed E-state index contributed by atoms with van der Waals surface area (Å²) in [4.78, 5) is 30.4. The van der Waals surface area contributed by atoms with Gasteiger partial charge in [-0.25, -0.2) is 4.39 Å². The zero-order chi connectivity index (χ0) is 25.5. The van der Waals surface area contributed by atoms with E-state index in [9.17, 15) is 27.2 Å². The van der Waals surface area contributed by atoms with Gasteiger partial charge in [-0.2, -0.15) is 13.2 Å². The lowest BCUT2D eigenvalue weighted by Gasteiger charge is -2.30. The summed E-state index contributed by atoms with van der Waals surface area (Å²) in [5, 5.41) is 5.49. The third-order valence-electron chi connectivity index (χ3n) is 6.81. The Balaban J connectivity index is 1.64. The molecule has 2 aliphatic rings. The fraction of sp³-hybridized carbons (Fsp3) is 0.400. The first-order valence-electron chi connectivity index (χ1n) is 11.2. The molecule has 2 fully saturated rings. The van der Waals surface area contributed by atoms with Crippen molar-refractivity contribution in [1.29, 1.82) is 0 Å². The molecule has 2 aromatic rings. The van der Waals surface area contributed by atoms with Crippen molar-refractivity contribution in [2.75, 3.05) is 12.4 Å². The number of amides is 2. The van der Waals surface area contributed by atoms with E-state index in [0.29, 0.717) is 12.1 Å². The van der Waals surface area contributed by atoms with E-state index in [0.717, 1.165) is 30.1 Å². The maximum Gasteiger partial charge on any atom is 0.419 e. The summed E-state index contributed by atoms with van der Waals surface area (Å²) in [6.45, 7) is 3.89. The van der Waals surface area contributed by atoms with Crippen LogP contribution in [0.25, 0.3) is 0 Å². The van der Waals surface area contributed by atoms with E-state index in [1.807, 2.05) is 13.8 Å². The van der Waals surface area contributed by atoms with Crippen LogP contribution in [-0.4, -0.2) is 29.9 Å². The van der Waals surface area contributed by atoms with E-state index < -0.39 is 41.3 Å². The average molecular weight is 491 g/mol. The Bertz CT molecular complexity index is 1190. The Morgan fingerprint density at radius 1 is 1.11 bits per heavy atom. The Morgan fingerprint density at radius 3 is 2.49 bits per heavy atom. The second-order valence-electron chi connectivity index (χ2n) is 9.03. The zero-order valence-electron chi connectivity index (χ0n) is 19.4. The summed E-state index contributed by atoms with van der Waals surface area (Å²) < 4.78 is 58.3. The molecule has 186 valence electrons. The van der Waals surface area contributed by atoms with Crippen LogP contribution in [0.4, 0.5) is 23.2 Å². The second-order valence-corrected chi connectivity index (χ2v) is 9.03. The van der Waals surface area contributed by atoms with Crippen LogP contribution in [0, 0.1) is 23.6 Å². The van der Waals surface area contributed by atoms with Gasteiger partial charge in [0.05, 0.1) is 30.4 Å². The number of methoxy groups -OCH3 is 1. The van der Waals surface area contributed by atoms with Crippen LogP contribution < -0.4 is 15.4 Å². The fourth-order valence-corrected chi connectivity index (χ4v) is 5.47. The lowest BCUT2D eigenvalue weighted by Crippen LogP contribution is -2.48. The van der Waals surface area contributed by atoms with Crippen LogP contribution in [0.1, 0.15) is 42.6 Å². The van der Waals surface area contributed by atoms with Gasteiger partial charge in [0.2, 0.25) is 5.91 Å². The highest BCUT2D eigenvalue weighted by Crippen LogP contribution is 2.54. The van der Waals surface area contributed by atoms with Gasteiger partial charge < -0.3 is 15.4 Å². The van der Waals surface area contributed by atoms with Crippen LogP contribution in [0.5, 0.6) is 5.75 Å². The normalized spacial score (nSPS) is 23.2. The number of carbonyl (C=O) groups excluding carboxylic acids is 2. The average Bonchev–Trinajstić information content (AvgIpc) is 3.36. The predicted octanol–water partition coefficient (Wildman–Crippen LogP) is 4.98. The summed E-state index contributed by atoms with van der Waals surface area (Å²) in [5.41, 5.74) is 0.785. The number of nitrogens with one attached hydrogen (secondary N) is 2. The van der Waals surface area contributed by atoms with E-state index in [2.05, 4.69) is 15.6 Å². The monoisotopic (exact) mass is 491 g/mol. The number of aromatic nitrogens is 1. The molecule has 0 aliphatic heterocycles. The molecule has 2 aliphatic carbocycles. The lowest BCUT2D eigenvalue weighted by molar-refractivity contribution is -0.140. The minimum absolute atomic E-state index is 0.0727. The third-order valence-corrected chi connectivity index (χ3v) is 6.81. The van der Waals surface area contributed by atoms with Crippen LogP contribution >= 0.6 is 0 Å². The van der Waals surface area contributed by atoms with Gasteiger partial charge in [0.1, 0.15) is 11.6 Å². The molecule has 1 aromatic carbocycles. The molecule has 4 atom stereocenters. The largest absolute Gasteiger partial charge is 0.494 e. The standard InChI is InChI=1S/C25H25F4N3O3/c1-12(2)20-15-5-6-16(20)22(32-23(33)14-8-9-30-11-19(14)35-3)21(15)24(34)31-13-4-7-18(26)17(10-13)25(27,28)29/h4,7-11,15-16,21-22H,5-6H2,1-3H3,(H,31,34)(H,32,33)/t15?,16?,21-,22+/m0/s1. The van der Waals surface area contributed by atoms with E-state index in [1.165, 1.54) is 25.6 Å². The van der Waals surface area contributed by atoms with Gasteiger partial charge in [0.15, 0.2) is 0 Å². The molecule has 0 radical (unpaired) electrons. The topological polar surface area (TPSA) is 80.3 Å². The van der Waals surface area contributed by atoms with Gasteiger partial charge in [-0.3, -0.25) is 14.6 Å². The molecule has 1 heterocycles. The molecule has 4 rings (SSSR count). The van der Waals surface area contributed by atoms with Gasteiger partial charge in [-0.05, 0) is 56.9 Å². The Labute approximate surface area is 199 Å². The van der Waals surface area contributed by atoms with Crippen molar-refractivity contribution in [3.8, 4) is 5.75 Å². The Morgan fingerprint density at radius 2 is 1.83 bits per heavy atom. The van der Waals surface area contributed by atoms with Crippen LogP contribution in [0.2, 0.25) is 0 Å². The summed E-state index contributed by atoms with van der Waals surface area (Å²) >= 11 is 0. The number of hydrogen-bond acceptors (Lipinski definition) is 4. The summed E-state index contributed by atoms with van der Waals surface area (Å²) in [6, 6.07) is 3.29. The number of allylic oxidation sites excluding steroid dienone is 1. The van der Waals surface area contributed by atoms with Crippen molar-refractivity contribution in [1.82, 2.24) is 10.3 Å². The molecule has 2 N–H and O–H groups in total.